The Morgan fingerprint density at radius 2 is 1.94 bits per heavy atom. The molecule has 0 spiro atoms. The Morgan fingerprint density at radius 3 is 2.44 bits per heavy atom. The fourth-order valence-electron chi connectivity index (χ4n) is 2.07. The molecule has 0 bridgehead atoms. The summed E-state index contributed by atoms with van der Waals surface area (Å²) in [7, 11) is 0. The van der Waals surface area contributed by atoms with Crippen LogP contribution in [-0.2, 0) is 11.2 Å². The maximum atomic E-state index is 12.8. The minimum atomic E-state index is -0.217. The summed E-state index contributed by atoms with van der Waals surface area (Å²) in [6.07, 6.45) is 2.84. The highest BCUT2D eigenvalue weighted by Gasteiger charge is 2.20. The molecule has 18 heavy (non-hydrogen) atoms. The highest BCUT2D eigenvalue weighted by molar-refractivity contribution is 5.17. The van der Waals surface area contributed by atoms with E-state index in [0.29, 0.717) is 6.61 Å². The minimum absolute atomic E-state index is 0.0513. The Balaban J connectivity index is 2.66. The van der Waals surface area contributed by atoms with Gasteiger partial charge in [-0.15, -0.1) is 0 Å². The Bertz CT molecular complexity index is 323. The molecule has 0 aliphatic heterocycles. The molecule has 3 N–H and O–H groups in total. The quantitative estimate of drug-likeness (QED) is 0.553. The number of hydrazine groups is 1. The van der Waals surface area contributed by atoms with Gasteiger partial charge in [0.25, 0.3) is 0 Å². The van der Waals surface area contributed by atoms with Crippen molar-refractivity contribution < 1.29 is 9.13 Å². The minimum Gasteiger partial charge on any atom is -0.377 e. The van der Waals surface area contributed by atoms with Gasteiger partial charge in [-0.2, -0.15) is 0 Å². The fourth-order valence-corrected chi connectivity index (χ4v) is 2.07. The van der Waals surface area contributed by atoms with Crippen molar-refractivity contribution in [2.75, 3.05) is 6.61 Å². The number of benzene rings is 1. The largest absolute Gasteiger partial charge is 0.377 e. The number of hydrogen-bond donors (Lipinski definition) is 2. The van der Waals surface area contributed by atoms with Crippen LogP contribution in [0.25, 0.3) is 0 Å². The zero-order valence-electron chi connectivity index (χ0n) is 11.2. The van der Waals surface area contributed by atoms with Crippen LogP contribution in [0, 0.1) is 5.82 Å². The summed E-state index contributed by atoms with van der Waals surface area (Å²) in [5.74, 6) is 5.39. The van der Waals surface area contributed by atoms with Crippen LogP contribution in [0.3, 0.4) is 0 Å². The first-order valence-electron chi connectivity index (χ1n) is 6.53. The standard InChI is InChI=1S/C14H23FN2O/c1-3-5-14(18-4-2)13(17-16)10-11-6-8-12(15)9-7-11/h6-9,13-14,17H,3-5,10,16H2,1-2H3. The number of halogens is 1. The van der Waals surface area contributed by atoms with Gasteiger partial charge in [-0.05, 0) is 37.5 Å². The lowest BCUT2D eigenvalue weighted by Crippen LogP contribution is -2.46. The van der Waals surface area contributed by atoms with Gasteiger partial charge in [0.1, 0.15) is 5.82 Å². The first kappa shape index (κ1) is 15.1. The molecule has 0 aromatic heterocycles. The summed E-state index contributed by atoms with van der Waals surface area (Å²) in [6.45, 7) is 4.78. The molecule has 1 rings (SSSR count). The Hall–Kier alpha value is -0.970. The highest BCUT2D eigenvalue weighted by Crippen LogP contribution is 2.13. The van der Waals surface area contributed by atoms with Crippen LogP contribution >= 0.6 is 0 Å². The van der Waals surface area contributed by atoms with Crippen LogP contribution < -0.4 is 11.3 Å². The van der Waals surface area contributed by atoms with Gasteiger partial charge in [0.2, 0.25) is 0 Å². The van der Waals surface area contributed by atoms with Gasteiger partial charge in [0.15, 0.2) is 0 Å². The molecule has 1 aromatic rings. The van der Waals surface area contributed by atoms with E-state index in [0.717, 1.165) is 24.8 Å². The third kappa shape index (κ3) is 4.72. The predicted molar refractivity (Wildman–Crippen MR) is 71.5 cm³/mol. The van der Waals surface area contributed by atoms with E-state index < -0.39 is 0 Å². The van der Waals surface area contributed by atoms with Crippen molar-refractivity contribution in [1.29, 1.82) is 0 Å². The topological polar surface area (TPSA) is 47.3 Å². The molecule has 2 unspecified atom stereocenters. The number of hydrogen-bond acceptors (Lipinski definition) is 3. The molecule has 0 heterocycles. The van der Waals surface area contributed by atoms with Gasteiger partial charge in [-0.25, -0.2) is 4.39 Å². The SMILES string of the molecule is CCCC(OCC)C(Cc1ccc(F)cc1)NN. The van der Waals surface area contributed by atoms with Crippen LogP contribution in [0.2, 0.25) is 0 Å². The first-order valence-corrected chi connectivity index (χ1v) is 6.53. The van der Waals surface area contributed by atoms with Crippen molar-refractivity contribution in [1.82, 2.24) is 5.43 Å². The van der Waals surface area contributed by atoms with Crippen LogP contribution in [0.4, 0.5) is 4.39 Å². The number of rotatable bonds is 8. The molecule has 4 heteroatoms. The summed E-state index contributed by atoms with van der Waals surface area (Å²) in [5.41, 5.74) is 3.87. The summed E-state index contributed by atoms with van der Waals surface area (Å²) in [6, 6.07) is 6.57. The first-order chi connectivity index (χ1) is 8.71. The molecule has 0 fully saturated rings. The number of nitrogens with two attached hydrogens (primary N) is 1. The van der Waals surface area contributed by atoms with Gasteiger partial charge >= 0.3 is 0 Å². The molecule has 2 atom stereocenters. The molecular formula is C14H23FN2O. The second kappa shape index (κ2) is 8.19. The Labute approximate surface area is 108 Å². The van der Waals surface area contributed by atoms with Crippen molar-refractivity contribution in [3.8, 4) is 0 Å². The maximum Gasteiger partial charge on any atom is 0.123 e. The van der Waals surface area contributed by atoms with Crippen molar-refractivity contribution in [2.24, 2.45) is 5.84 Å². The van der Waals surface area contributed by atoms with Crippen molar-refractivity contribution in [2.45, 2.75) is 45.3 Å². The van der Waals surface area contributed by atoms with E-state index in [9.17, 15) is 4.39 Å². The van der Waals surface area contributed by atoms with E-state index in [4.69, 9.17) is 10.6 Å². The van der Waals surface area contributed by atoms with E-state index in [1.54, 1.807) is 12.1 Å². The van der Waals surface area contributed by atoms with Gasteiger partial charge in [-0.3, -0.25) is 11.3 Å². The molecule has 0 aliphatic rings. The molecular weight excluding hydrogens is 231 g/mol. The zero-order valence-corrected chi connectivity index (χ0v) is 11.2. The van der Waals surface area contributed by atoms with Gasteiger partial charge in [-0.1, -0.05) is 25.5 Å². The predicted octanol–water partition coefficient (Wildman–Crippen LogP) is 2.41. The maximum absolute atomic E-state index is 12.8. The van der Waals surface area contributed by atoms with Gasteiger partial charge < -0.3 is 4.74 Å². The summed E-state index contributed by atoms with van der Waals surface area (Å²) >= 11 is 0. The van der Waals surface area contributed by atoms with Crippen molar-refractivity contribution >= 4 is 0 Å². The van der Waals surface area contributed by atoms with Crippen LogP contribution in [0.15, 0.2) is 24.3 Å². The second-order valence-corrected chi connectivity index (χ2v) is 4.39. The number of nitrogens with one attached hydrogen (secondary N) is 1. The molecule has 0 saturated carbocycles. The Kier molecular flexibility index (Phi) is 6.86. The smallest absolute Gasteiger partial charge is 0.123 e. The van der Waals surface area contributed by atoms with Crippen molar-refractivity contribution in [3.63, 3.8) is 0 Å². The lowest BCUT2D eigenvalue weighted by atomic mass is 9.99. The molecule has 0 radical (unpaired) electrons. The number of ether oxygens (including phenoxy) is 1. The monoisotopic (exact) mass is 254 g/mol. The van der Waals surface area contributed by atoms with Crippen LogP contribution in [0.5, 0.6) is 0 Å². The van der Waals surface area contributed by atoms with E-state index in [1.165, 1.54) is 12.1 Å². The zero-order chi connectivity index (χ0) is 13.4. The second-order valence-electron chi connectivity index (χ2n) is 4.39. The normalized spacial score (nSPS) is 14.4. The summed E-state index contributed by atoms with van der Waals surface area (Å²) in [5, 5.41) is 0. The molecule has 0 aliphatic carbocycles. The third-order valence-electron chi connectivity index (χ3n) is 2.99. The van der Waals surface area contributed by atoms with Crippen LogP contribution in [0.1, 0.15) is 32.3 Å². The summed E-state index contributed by atoms with van der Waals surface area (Å²) < 4.78 is 18.6. The lowest BCUT2D eigenvalue weighted by Gasteiger charge is -2.26. The van der Waals surface area contributed by atoms with Crippen molar-refractivity contribution in [3.05, 3.63) is 35.6 Å². The van der Waals surface area contributed by atoms with E-state index >= 15 is 0 Å². The average Bonchev–Trinajstić information content (AvgIpc) is 2.38. The third-order valence-corrected chi connectivity index (χ3v) is 2.99. The lowest BCUT2D eigenvalue weighted by molar-refractivity contribution is 0.0281. The van der Waals surface area contributed by atoms with E-state index in [2.05, 4.69) is 12.3 Å². The molecule has 3 nitrogen and oxygen atoms in total. The summed E-state index contributed by atoms with van der Waals surface area (Å²) in [4.78, 5) is 0. The van der Waals surface area contributed by atoms with E-state index in [1.807, 2.05) is 6.92 Å². The average molecular weight is 254 g/mol. The molecule has 102 valence electrons. The van der Waals surface area contributed by atoms with Crippen LogP contribution in [-0.4, -0.2) is 18.8 Å². The molecule has 0 saturated heterocycles. The molecule has 0 amide bonds. The fraction of sp³-hybridized carbons (Fsp3) is 0.571. The Morgan fingerprint density at radius 1 is 1.28 bits per heavy atom. The highest BCUT2D eigenvalue weighted by atomic mass is 19.1. The van der Waals surface area contributed by atoms with Gasteiger partial charge in [0.05, 0.1) is 12.1 Å². The molecule has 1 aromatic carbocycles. The van der Waals surface area contributed by atoms with Gasteiger partial charge in [0, 0.05) is 6.61 Å². The van der Waals surface area contributed by atoms with E-state index in [-0.39, 0.29) is 18.0 Å².